The van der Waals surface area contributed by atoms with Gasteiger partial charge in [-0.05, 0) is 81.6 Å². The largest absolute Gasteiger partial charge is 0.493 e. The number of ether oxygens (including phenoxy) is 2. The predicted octanol–water partition coefficient (Wildman–Crippen LogP) is 6.80. The number of carbonyl (C=O) groups excluding carboxylic acids is 1. The van der Waals surface area contributed by atoms with Crippen LogP contribution in [0.25, 0.3) is 22.5 Å². The van der Waals surface area contributed by atoms with Crippen LogP contribution < -0.4 is 14.4 Å². The first-order chi connectivity index (χ1) is 19.6. The number of aromatic nitrogens is 2. The first-order valence-electron chi connectivity index (χ1n) is 14.0. The molecule has 0 aliphatic carbocycles. The Morgan fingerprint density at radius 1 is 0.902 bits per heavy atom. The van der Waals surface area contributed by atoms with Gasteiger partial charge in [0.25, 0.3) is 5.91 Å². The number of carbonyl (C=O) groups is 1. The lowest BCUT2D eigenvalue weighted by Gasteiger charge is -2.30. The number of rotatable bonds is 11. The van der Waals surface area contributed by atoms with Gasteiger partial charge in [0, 0.05) is 55.5 Å². The lowest BCUT2D eigenvalue weighted by molar-refractivity contribution is 0.0993. The molecule has 0 bridgehead atoms. The topological polar surface area (TPSA) is 80.9 Å². The Labute approximate surface area is 242 Å². The number of hydrogen-bond acceptors (Lipinski definition) is 7. The zero-order valence-electron chi connectivity index (χ0n) is 25.3. The number of amides is 1. The number of anilines is 1. The molecule has 0 aliphatic heterocycles. The van der Waals surface area contributed by atoms with Crippen LogP contribution in [0.3, 0.4) is 0 Å². The molecule has 8 nitrogen and oxygen atoms in total. The quantitative estimate of drug-likeness (QED) is 0.201. The van der Waals surface area contributed by atoms with Gasteiger partial charge in [-0.25, -0.2) is 0 Å². The second kappa shape index (κ2) is 13.0. The summed E-state index contributed by atoms with van der Waals surface area (Å²) in [5.74, 6) is 2.24. The highest BCUT2D eigenvalue weighted by Crippen LogP contribution is 2.33. The molecule has 4 rings (SSSR count). The van der Waals surface area contributed by atoms with E-state index in [0.717, 1.165) is 34.5 Å². The van der Waals surface area contributed by atoms with E-state index in [1.54, 1.807) is 26.0 Å². The summed E-state index contributed by atoms with van der Waals surface area (Å²) in [7, 11) is 3.39. The zero-order valence-corrected chi connectivity index (χ0v) is 25.3. The summed E-state index contributed by atoms with van der Waals surface area (Å²) in [6, 6.07) is 20.1. The van der Waals surface area contributed by atoms with E-state index in [0.29, 0.717) is 47.5 Å². The Hall–Kier alpha value is -4.17. The average Bonchev–Trinajstić information content (AvgIpc) is 3.40. The molecule has 3 aromatic carbocycles. The normalized spacial score (nSPS) is 11.4. The minimum Gasteiger partial charge on any atom is -0.493 e. The van der Waals surface area contributed by atoms with E-state index in [-0.39, 0.29) is 5.91 Å². The molecule has 0 spiro atoms. The van der Waals surface area contributed by atoms with E-state index in [1.165, 1.54) is 0 Å². The SMILES string of the molecule is COc1ccc(N(C)C(=O)c2ccc(-c3ccc(-c4noc(C)n4)cc3C)cc2)cc1OCCN(C(C)C)C(C)C. The fraction of sp³-hybridized carbons (Fsp3) is 0.364. The number of nitrogens with zero attached hydrogens (tertiary/aromatic N) is 4. The van der Waals surface area contributed by atoms with Crippen LogP contribution in [0.5, 0.6) is 11.5 Å². The molecule has 216 valence electrons. The van der Waals surface area contributed by atoms with Gasteiger partial charge in [0.1, 0.15) is 6.61 Å². The number of aryl methyl sites for hydroxylation is 2. The Morgan fingerprint density at radius 2 is 1.59 bits per heavy atom. The summed E-state index contributed by atoms with van der Waals surface area (Å²) < 4.78 is 16.8. The third kappa shape index (κ3) is 6.95. The summed E-state index contributed by atoms with van der Waals surface area (Å²) in [5.41, 5.74) is 5.40. The monoisotopic (exact) mass is 556 g/mol. The number of methoxy groups -OCH3 is 1. The molecule has 0 saturated heterocycles. The molecule has 0 fully saturated rings. The molecule has 0 saturated carbocycles. The molecule has 41 heavy (non-hydrogen) atoms. The number of benzene rings is 3. The van der Waals surface area contributed by atoms with Crippen molar-refractivity contribution in [3.63, 3.8) is 0 Å². The van der Waals surface area contributed by atoms with Gasteiger partial charge in [0.05, 0.1) is 7.11 Å². The van der Waals surface area contributed by atoms with Gasteiger partial charge < -0.3 is 18.9 Å². The van der Waals surface area contributed by atoms with Gasteiger partial charge >= 0.3 is 0 Å². The van der Waals surface area contributed by atoms with Crippen LogP contribution in [0.1, 0.15) is 49.5 Å². The van der Waals surface area contributed by atoms with E-state index >= 15 is 0 Å². The Morgan fingerprint density at radius 3 is 2.17 bits per heavy atom. The molecule has 8 heteroatoms. The van der Waals surface area contributed by atoms with Crippen molar-refractivity contribution in [2.75, 3.05) is 32.2 Å². The van der Waals surface area contributed by atoms with E-state index in [1.807, 2.05) is 67.6 Å². The second-order valence-corrected chi connectivity index (χ2v) is 10.7. The molecule has 0 unspecified atom stereocenters. The Kier molecular flexibility index (Phi) is 9.45. The van der Waals surface area contributed by atoms with Crippen molar-refractivity contribution in [3.8, 4) is 34.0 Å². The summed E-state index contributed by atoms with van der Waals surface area (Å²) in [4.78, 5) is 21.7. The van der Waals surface area contributed by atoms with Crippen molar-refractivity contribution in [2.45, 2.75) is 53.6 Å². The first kappa shape index (κ1) is 29.8. The van der Waals surface area contributed by atoms with Crippen LogP contribution in [0.4, 0.5) is 5.69 Å². The summed E-state index contributed by atoms with van der Waals surface area (Å²) >= 11 is 0. The van der Waals surface area contributed by atoms with Crippen LogP contribution in [0, 0.1) is 13.8 Å². The van der Waals surface area contributed by atoms with Crippen LogP contribution in [0.2, 0.25) is 0 Å². The van der Waals surface area contributed by atoms with Crippen molar-refractivity contribution in [3.05, 3.63) is 77.7 Å². The van der Waals surface area contributed by atoms with Crippen molar-refractivity contribution in [1.29, 1.82) is 0 Å². The lowest BCUT2D eigenvalue weighted by atomic mass is 9.97. The third-order valence-corrected chi connectivity index (χ3v) is 7.23. The highest BCUT2D eigenvalue weighted by molar-refractivity contribution is 6.06. The van der Waals surface area contributed by atoms with Gasteiger partial charge in [0.15, 0.2) is 11.5 Å². The third-order valence-electron chi connectivity index (χ3n) is 7.23. The molecular formula is C33H40N4O4. The van der Waals surface area contributed by atoms with Crippen molar-refractivity contribution in [1.82, 2.24) is 15.0 Å². The van der Waals surface area contributed by atoms with E-state index < -0.39 is 0 Å². The van der Waals surface area contributed by atoms with E-state index in [2.05, 4.69) is 42.7 Å². The van der Waals surface area contributed by atoms with Crippen molar-refractivity contribution >= 4 is 11.6 Å². The smallest absolute Gasteiger partial charge is 0.258 e. The van der Waals surface area contributed by atoms with Crippen LogP contribution in [-0.4, -0.2) is 60.3 Å². The molecule has 0 N–H and O–H groups in total. The molecule has 0 atom stereocenters. The maximum absolute atomic E-state index is 13.4. The van der Waals surface area contributed by atoms with Crippen LogP contribution >= 0.6 is 0 Å². The summed E-state index contributed by atoms with van der Waals surface area (Å²) in [6.07, 6.45) is 0. The lowest BCUT2D eigenvalue weighted by Crippen LogP contribution is -2.39. The van der Waals surface area contributed by atoms with Gasteiger partial charge in [0.2, 0.25) is 11.7 Å². The van der Waals surface area contributed by atoms with Crippen molar-refractivity contribution < 1.29 is 18.8 Å². The maximum atomic E-state index is 13.4. The van der Waals surface area contributed by atoms with Crippen LogP contribution in [0.15, 0.2) is 65.2 Å². The minimum atomic E-state index is -0.113. The van der Waals surface area contributed by atoms with Crippen molar-refractivity contribution in [2.24, 2.45) is 0 Å². The fourth-order valence-electron chi connectivity index (χ4n) is 5.01. The van der Waals surface area contributed by atoms with E-state index in [4.69, 9.17) is 14.0 Å². The van der Waals surface area contributed by atoms with E-state index in [9.17, 15) is 4.79 Å². The summed E-state index contributed by atoms with van der Waals surface area (Å²) in [5, 5.41) is 4.01. The van der Waals surface area contributed by atoms with Gasteiger partial charge in [-0.3, -0.25) is 9.69 Å². The molecule has 1 amide bonds. The molecule has 0 radical (unpaired) electrons. The molecule has 0 aliphatic rings. The molecular weight excluding hydrogens is 516 g/mol. The molecule has 1 heterocycles. The molecule has 4 aromatic rings. The predicted molar refractivity (Wildman–Crippen MR) is 163 cm³/mol. The summed E-state index contributed by atoms with van der Waals surface area (Å²) in [6.45, 7) is 13.9. The first-order valence-corrected chi connectivity index (χ1v) is 14.0. The van der Waals surface area contributed by atoms with Gasteiger partial charge in [-0.15, -0.1) is 0 Å². The Bertz CT molecular complexity index is 1470. The minimum absolute atomic E-state index is 0.113. The molecule has 1 aromatic heterocycles. The van der Waals surface area contributed by atoms with Gasteiger partial charge in [-0.2, -0.15) is 4.98 Å². The highest BCUT2D eigenvalue weighted by Gasteiger charge is 2.18. The van der Waals surface area contributed by atoms with Crippen LogP contribution in [-0.2, 0) is 0 Å². The Balaban J connectivity index is 1.47. The highest BCUT2D eigenvalue weighted by atomic mass is 16.5. The fourth-order valence-corrected chi connectivity index (χ4v) is 5.01. The zero-order chi connectivity index (χ0) is 29.7. The number of hydrogen-bond donors (Lipinski definition) is 0. The second-order valence-electron chi connectivity index (χ2n) is 10.7. The standard InChI is InChI=1S/C33H40N4O4/c1-21(2)37(22(3)4)17-18-40-31-20-28(14-16-30(31)39-8)36(7)33(38)26-11-9-25(10-12-26)29-15-13-27(19-23(29)5)32-34-24(6)41-35-32/h9-16,19-22H,17-18H2,1-8H3. The maximum Gasteiger partial charge on any atom is 0.258 e. The van der Waals surface area contributed by atoms with Gasteiger partial charge in [-0.1, -0.05) is 29.4 Å². The average molecular weight is 557 g/mol.